The molecule has 1 N–H and O–H groups in total. The van der Waals surface area contributed by atoms with Gasteiger partial charge >= 0.3 is 0 Å². The molecule has 18 heavy (non-hydrogen) atoms. The zero-order valence-corrected chi connectivity index (χ0v) is 11.4. The van der Waals surface area contributed by atoms with Crippen LogP contribution in [0.1, 0.15) is 17.5 Å². The van der Waals surface area contributed by atoms with Crippen molar-refractivity contribution >= 4 is 0 Å². The molecule has 0 aliphatic carbocycles. The number of nitrogens with zero attached hydrogens (tertiary/aromatic N) is 1. The Kier molecular flexibility index (Phi) is 6.27. The first kappa shape index (κ1) is 14.6. The van der Waals surface area contributed by atoms with Crippen molar-refractivity contribution in [3.05, 3.63) is 29.3 Å². The van der Waals surface area contributed by atoms with Crippen molar-refractivity contribution in [1.29, 1.82) is 0 Å². The van der Waals surface area contributed by atoms with Crippen molar-refractivity contribution in [1.82, 2.24) is 4.90 Å². The molecule has 0 aliphatic rings. The van der Waals surface area contributed by atoms with Crippen molar-refractivity contribution in [3.8, 4) is 17.6 Å². The minimum Gasteiger partial charge on any atom is -0.492 e. The fraction of sp³-hybridized carbons (Fsp3) is 0.467. The van der Waals surface area contributed by atoms with E-state index in [1.165, 1.54) is 0 Å². The molecule has 0 heterocycles. The second-order valence-corrected chi connectivity index (χ2v) is 4.46. The molecule has 0 amide bonds. The molecular formula is C15H21NO2. The summed E-state index contributed by atoms with van der Waals surface area (Å²) in [6.45, 7) is 3.56. The third kappa shape index (κ3) is 5.22. The maximum absolute atomic E-state index is 8.74. The molecule has 3 heteroatoms. The first-order valence-electron chi connectivity index (χ1n) is 6.11. The van der Waals surface area contributed by atoms with Gasteiger partial charge in [0.1, 0.15) is 12.4 Å². The van der Waals surface area contributed by atoms with E-state index in [4.69, 9.17) is 9.84 Å². The van der Waals surface area contributed by atoms with Crippen LogP contribution in [-0.2, 0) is 0 Å². The van der Waals surface area contributed by atoms with E-state index < -0.39 is 0 Å². The molecule has 1 aromatic rings. The highest BCUT2D eigenvalue weighted by Crippen LogP contribution is 2.19. The van der Waals surface area contributed by atoms with Gasteiger partial charge in [-0.2, -0.15) is 0 Å². The lowest BCUT2D eigenvalue weighted by Gasteiger charge is -2.11. The smallest absolute Gasteiger partial charge is 0.134 e. The van der Waals surface area contributed by atoms with Crippen LogP contribution < -0.4 is 4.74 Å². The molecule has 98 valence electrons. The van der Waals surface area contributed by atoms with E-state index in [0.717, 1.165) is 29.8 Å². The summed E-state index contributed by atoms with van der Waals surface area (Å²) in [6, 6.07) is 5.92. The standard InChI is InChI=1S/C15H21NO2/c1-13-7-8-15(14(12-13)6-4-10-17)18-11-5-9-16(2)3/h7-8,12,17H,5,9-11H2,1-3H3. The van der Waals surface area contributed by atoms with Gasteiger partial charge in [-0.25, -0.2) is 0 Å². The Bertz CT molecular complexity index is 430. The number of benzene rings is 1. The SMILES string of the molecule is Cc1ccc(OCCCN(C)C)c(C#CCO)c1. The molecule has 1 rings (SSSR count). The topological polar surface area (TPSA) is 32.7 Å². The normalized spacial score (nSPS) is 10.1. The van der Waals surface area contributed by atoms with Gasteiger partial charge in [0.25, 0.3) is 0 Å². The van der Waals surface area contributed by atoms with E-state index in [1.807, 2.05) is 39.2 Å². The molecule has 0 bridgehead atoms. The highest BCUT2D eigenvalue weighted by Gasteiger charge is 2.02. The van der Waals surface area contributed by atoms with E-state index in [1.54, 1.807) is 0 Å². The summed E-state index contributed by atoms with van der Waals surface area (Å²) in [7, 11) is 4.09. The fourth-order valence-corrected chi connectivity index (χ4v) is 1.57. The minimum atomic E-state index is -0.131. The van der Waals surface area contributed by atoms with E-state index in [0.29, 0.717) is 6.61 Å². The number of hydrogen-bond donors (Lipinski definition) is 1. The zero-order valence-electron chi connectivity index (χ0n) is 11.4. The average Bonchev–Trinajstić information content (AvgIpc) is 2.33. The first-order chi connectivity index (χ1) is 8.63. The molecule has 0 unspecified atom stereocenters. The van der Waals surface area contributed by atoms with Crippen LogP contribution in [0, 0.1) is 18.8 Å². The zero-order chi connectivity index (χ0) is 13.4. The average molecular weight is 247 g/mol. The summed E-state index contributed by atoms with van der Waals surface area (Å²) < 4.78 is 5.73. The minimum absolute atomic E-state index is 0.131. The molecule has 0 fully saturated rings. The van der Waals surface area contributed by atoms with Gasteiger partial charge in [0.05, 0.1) is 12.2 Å². The van der Waals surface area contributed by atoms with Gasteiger partial charge in [0.15, 0.2) is 0 Å². The van der Waals surface area contributed by atoms with Crippen molar-refractivity contribution < 1.29 is 9.84 Å². The predicted octanol–water partition coefficient (Wildman–Crippen LogP) is 1.67. The van der Waals surface area contributed by atoms with Gasteiger partial charge in [-0.05, 0) is 45.1 Å². The molecule has 0 saturated heterocycles. The lowest BCUT2D eigenvalue weighted by atomic mass is 10.1. The quantitative estimate of drug-likeness (QED) is 0.634. The summed E-state index contributed by atoms with van der Waals surface area (Å²) >= 11 is 0. The Labute approximate surface area is 109 Å². The highest BCUT2D eigenvalue weighted by atomic mass is 16.5. The monoisotopic (exact) mass is 247 g/mol. The number of aliphatic hydroxyl groups excluding tert-OH is 1. The Hall–Kier alpha value is -1.50. The molecular weight excluding hydrogens is 226 g/mol. The van der Waals surface area contributed by atoms with Crippen molar-refractivity contribution in [2.24, 2.45) is 0 Å². The van der Waals surface area contributed by atoms with Crippen molar-refractivity contribution in [2.45, 2.75) is 13.3 Å². The summed E-state index contributed by atoms with van der Waals surface area (Å²) in [5, 5.41) is 8.74. The maximum Gasteiger partial charge on any atom is 0.134 e. The van der Waals surface area contributed by atoms with Gasteiger partial charge < -0.3 is 14.7 Å². The van der Waals surface area contributed by atoms with E-state index in [-0.39, 0.29) is 6.61 Å². The Morgan fingerprint density at radius 2 is 2.11 bits per heavy atom. The number of hydrogen-bond acceptors (Lipinski definition) is 3. The fourth-order valence-electron chi connectivity index (χ4n) is 1.57. The molecule has 0 radical (unpaired) electrons. The predicted molar refractivity (Wildman–Crippen MR) is 73.8 cm³/mol. The molecule has 0 spiro atoms. The summed E-state index contributed by atoms with van der Waals surface area (Å²) in [5.74, 6) is 6.37. The van der Waals surface area contributed by atoms with Crippen LogP contribution in [0.5, 0.6) is 5.75 Å². The summed E-state index contributed by atoms with van der Waals surface area (Å²) in [6.07, 6.45) is 0.980. The first-order valence-corrected chi connectivity index (χ1v) is 6.11. The van der Waals surface area contributed by atoms with Crippen molar-refractivity contribution in [2.75, 3.05) is 33.9 Å². The molecule has 3 nitrogen and oxygen atoms in total. The number of rotatable bonds is 5. The van der Waals surface area contributed by atoms with Gasteiger partial charge in [0, 0.05) is 6.54 Å². The van der Waals surface area contributed by atoms with Crippen LogP contribution in [0.2, 0.25) is 0 Å². The second-order valence-electron chi connectivity index (χ2n) is 4.46. The molecule has 0 atom stereocenters. The van der Waals surface area contributed by atoms with Crippen LogP contribution in [0.4, 0.5) is 0 Å². The van der Waals surface area contributed by atoms with E-state index >= 15 is 0 Å². The molecule has 0 aliphatic heterocycles. The van der Waals surface area contributed by atoms with Gasteiger partial charge in [-0.1, -0.05) is 17.9 Å². The third-order valence-corrected chi connectivity index (χ3v) is 2.44. The molecule has 0 saturated carbocycles. The number of ether oxygens (including phenoxy) is 1. The summed E-state index contributed by atoms with van der Waals surface area (Å²) in [5.41, 5.74) is 1.98. The van der Waals surface area contributed by atoms with Crippen LogP contribution in [0.15, 0.2) is 18.2 Å². The maximum atomic E-state index is 8.74. The third-order valence-electron chi connectivity index (χ3n) is 2.44. The lowest BCUT2D eigenvalue weighted by molar-refractivity contribution is 0.281. The van der Waals surface area contributed by atoms with Crippen LogP contribution in [-0.4, -0.2) is 43.9 Å². The van der Waals surface area contributed by atoms with Crippen LogP contribution in [0.25, 0.3) is 0 Å². The molecule has 0 aromatic heterocycles. The van der Waals surface area contributed by atoms with Crippen LogP contribution >= 0.6 is 0 Å². The van der Waals surface area contributed by atoms with Gasteiger partial charge in [-0.3, -0.25) is 0 Å². The Morgan fingerprint density at radius 3 is 2.78 bits per heavy atom. The summed E-state index contributed by atoms with van der Waals surface area (Å²) in [4.78, 5) is 2.13. The second kappa shape index (κ2) is 7.75. The number of aliphatic hydroxyl groups is 1. The Morgan fingerprint density at radius 1 is 1.33 bits per heavy atom. The van der Waals surface area contributed by atoms with Gasteiger partial charge in [-0.15, -0.1) is 0 Å². The van der Waals surface area contributed by atoms with Crippen molar-refractivity contribution in [3.63, 3.8) is 0 Å². The number of aryl methyl sites for hydroxylation is 1. The Balaban J connectivity index is 2.63. The largest absolute Gasteiger partial charge is 0.492 e. The van der Waals surface area contributed by atoms with E-state index in [2.05, 4.69) is 16.7 Å². The lowest BCUT2D eigenvalue weighted by Crippen LogP contribution is -2.15. The van der Waals surface area contributed by atoms with Crippen LogP contribution in [0.3, 0.4) is 0 Å². The highest BCUT2D eigenvalue weighted by molar-refractivity contribution is 5.48. The molecule has 1 aromatic carbocycles. The van der Waals surface area contributed by atoms with E-state index in [9.17, 15) is 0 Å². The van der Waals surface area contributed by atoms with Gasteiger partial charge in [0.2, 0.25) is 0 Å².